The molecule has 0 saturated carbocycles. The number of nitrogens with zero attached hydrogens (tertiary/aromatic N) is 2. The second-order valence-corrected chi connectivity index (χ2v) is 18.1. The van der Waals surface area contributed by atoms with Gasteiger partial charge in [-0.25, -0.2) is 14.4 Å². The molecule has 0 aliphatic rings. The van der Waals surface area contributed by atoms with Gasteiger partial charge in [-0.05, 0) is 97.0 Å². The predicted octanol–water partition coefficient (Wildman–Crippen LogP) is 5.74. The Labute approximate surface area is 535 Å². The Bertz CT molecular complexity index is 3040. The topological polar surface area (TPSA) is 332 Å². The molecule has 14 radical (unpaired) electrons. The molecule has 468 valence electrons. The Balaban J connectivity index is 0.00000127. The quantitative estimate of drug-likeness (QED) is 0.0307. The van der Waals surface area contributed by atoms with Gasteiger partial charge in [0.1, 0.15) is 58.6 Å². The van der Waals surface area contributed by atoms with Gasteiger partial charge in [-0.1, -0.05) is 31.1 Å². The summed E-state index contributed by atoms with van der Waals surface area (Å²) in [7, 11) is 41.9. The molecule has 0 aromatic heterocycles. The van der Waals surface area contributed by atoms with Crippen molar-refractivity contribution in [3.05, 3.63) is 128 Å². The van der Waals surface area contributed by atoms with Crippen molar-refractivity contribution >= 4 is 151 Å². The Morgan fingerprint density at radius 2 is 0.857 bits per heavy atom. The van der Waals surface area contributed by atoms with Gasteiger partial charge in [0.25, 0.3) is 6.47 Å². The monoisotopic (exact) mass is 1250 g/mol. The molecule has 0 aliphatic heterocycles. The zero-order valence-corrected chi connectivity index (χ0v) is 50.7. The van der Waals surface area contributed by atoms with Crippen LogP contribution in [0.5, 0.6) is 5.75 Å². The Hall–Kier alpha value is -9.54. The minimum Gasteiger partial charge on any atom is -0.470 e. The van der Waals surface area contributed by atoms with E-state index >= 15 is 0 Å². The van der Waals surface area contributed by atoms with Crippen molar-refractivity contribution in [1.29, 1.82) is 0 Å². The molecule has 3 N–H and O–H groups in total. The molecule has 34 heteroatoms. The molecule has 0 unspecified atom stereocenters. The summed E-state index contributed by atoms with van der Waals surface area (Å²) in [6.07, 6.45) is 1.43. The summed E-state index contributed by atoms with van der Waals surface area (Å²) in [5.41, 5.74) is 5.81. The van der Waals surface area contributed by atoms with Crippen LogP contribution in [0.4, 0.5) is 55.4 Å². The lowest BCUT2D eigenvalue weighted by Crippen LogP contribution is -2.35. The van der Waals surface area contributed by atoms with Crippen molar-refractivity contribution in [3.63, 3.8) is 0 Å². The fourth-order valence-electron chi connectivity index (χ4n) is 7.16. The van der Waals surface area contributed by atoms with Crippen molar-refractivity contribution in [2.45, 2.75) is 46.5 Å². The van der Waals surface area contributed by atoms with E-state index in [1.54, 1.807) is 92.0 Å². The number of hydrogen-bond donors (Lipinski definition) is 3. The zero-order valence-electron chi connectivity index (χ0n) is 50.7. The summed E-state index contributed by atoms with van der Waals surface area (Å²) in [5.74, 6) is -4.97. The van der Waals surface area contributed by atoms with Crippen molar-refractivity contribution in [3.8, 4) is 5.75 Å². The first kappa shape index (κ1) is 79.5. The third-order valence-electron chi connectivity index (χ3n) is 10.9. The van der Waals surface area contributed by atoms with Gasteiger partial charge < -0.3 is 72.0 Å². The number of ether oxygens (including phenoxy) is 11. The standard InChI is InChI=1S/C42H45B3N4O15.C13H13B2NO6.CHBO.CH3B/c1-48(2)13-14-49(3)42(56)64-36-32(24-62-40(54)46-34-9-5-27(6-10-34)15-30(20-58-26-50)21-59-37(43)51)17-29(19-57-4)18-33(36)25-63-41(55)47-35-11-7-28(8-12-35)16-31(22-60-38(44)52)23-61-39(45)53;1-20-4-8-2-9(5-21-12(14)18)11(16-7-17)10(3-8)6-22-13(15)19;2-1-3;1-2/h5-12,15-18,26H,13-14,19-25H2,1-4H3,(H,46,54)(H,47,55);2-3,7H,4-6H2,1H3,(H,16,17);1H;1H3/b30-15+;;;. The Kier molecular flexibility index (Phi) is 39.9. The summed E-state index contributed by atoms with van der Waals surface area (Å²) in [4.78, 5) is 127. The fourth-order valence-corrected chi connectivity index (χ4v) is 7.16. The van der Waals surface area contributed by atoms with Gasteiger partial charge in [0.15, 0.2) is 7.85 Å². The van der Waals surface area contributed by atoms with Gasteiger partial charge in [-0.3, -0.25) is 44.2 Å². The van der Waals surface area contributed by atoms with E-state index in [-0.39, 0.29) is 89.0 Å². The average molecular weight is 1240 g/mol. The van der Waals surface area contributed by atoms with E-state index in [1.165, 1.54) is 25.9 Å². The highest BCUT2D eigenvalue weighted by Gasteiger charge is 2.22. The summed E-state index contributed by atoms with van der Waals surface area (Å²) in [5, 5.41) is 7.69. The van der Waals surface area contributed by atoms with Crippen LogP contribution in [0.1, 0.15) is 44.5 Å². The number of carbonyl (C=O) groups excluding carboxylic acids is 11. The second kappa shape index (κ2) is 45.7. The smallest absolute Gasteiger partial charge is 0.415 e. The van der Waals surface area contributed by atoms with Crippen LogP contribution in [0.15, 0.2) is 83.9 Å². The third-order valence-corrected chi connectivity index (χ3v) is 10.9. The lowest BCUT2D eigenvalue weighted by molar-refractivity contribution is -0.127. The maximum atomic E-state index is 13.3. The summed E-state index contributed by atoms with van der Waals surface area (Å²) in [6.45, 7) is 0.991. The number of carbonyl (C=O) groups is 11. The molecule has 0 fully saturated rings. The van der Waals surface area contributed by atoms with Crippen LogP contribution in [0.25, 0.3) is 12.2 Å². The maximum absolute atomic E-state index is 13.3. The van der Waals surface area contributed by atoms with Gasteiger partial charge in [-0.2, -0.15) is 0 Å². The van der Waals surface area contributed by atoms with Crippen molar-refractivity contribution < 1.29 is 105 Å². The Morgan fingerprint density at radius 1 is 0.495 bits per heavy atom. The van der Waals surface area contributed by atoms with E-state index in [4.69, 9.17) is 96.1 Å². The minimum absolute atomic E-state index is 0.0134. The van der Waals surface area contributed by atoms with Crippen molar-refractivity contribution in [2.24, 2.45) is 0 Å². The molecule has 4 rings (SSSR count). The van der Waals surface area contributed by atoms with Crippen LogP contribution < -0.4 is 20.7 Å². The largest absolute Gasteiger partial charge is 0.470 e. The highest BCUT2D eigenvalue weighted by atomic mass is 16.6. The summed E-state index contributed by atoms with van der Waals surface area (Å²) in [6, 6.07) is 19.4. The number of likely N-dealkylation sites (N-methyl/N-ethyl adjacent to an activating group) is 2. The molecule has 0 atom stereocenters. The first-order chi connectivity index (χ1) is 43.4. The molecule has 0 spiro atoms. The van der Waals surface area contributed by atoms with Gasteiger partial charge in [0.05, 0.1) is 32.9 Å². The molecule has 91 heavy (non-hydrogen) atoms. The van der Waals surface area contributed by atoms with E-state index in [0.717, 1.165) is 5.56 Å². The summed E-state index contributed by atoms with van der Waals surface area (Å²) < 4.78 is 56.0. The number of nitrogens with one attached hydrogen (secondary N) is 3. The highest BCUT2D eigenvalue weighted by Crippen LogP contribution is 2.30. The first-order valence-electron chi connectivity index (χ1n) is 26.3. The zero-order chi connectivity index (χ0) is 68.3. The highest BCUT2D eigenvalue weighted by molar-refractivity contribution is 6.56. The molecular weight excluding hydrogens is 1180 g/mol. The van der Waals surface area contributed by atoms with E-state index in [2.05, 4.69) is 31.6 Å². The molecular formula is C57H62B7N5O22. The van der Waals surface area contributed by atoms with Crippen LogP contribution in [-0.4, -0.2) is 206 Å². The van der Waals surface area contributed by atoms with Crippen molar-refractivity contribution in [2.75, 3.05) is 90.8 Å². The van der Waals surface area contributed by atoms with Crippen LogP contribution in [0.3, 0.4) is 0 Å². The summed E-state index contributed by atoms with van der Waals surface area (Å²) >= 11 is 0. The molecule has 4 aromatic carbocycles. The lowest BCUT2D eigenvalue weighted by atomic mass is 10.0. The minimum atomic E-state index is -1.03. The van der Waals surface area contributed by atoms with E-state index in [1.807, 2.05) is 19.0 Å². The number of methoxy groups -OCH3 is 2. The number of benzene rings is 4. The number of anilines is 3. The van der Waals surface area contributed by atoms with Crippen LogP contribution in [0.2, 0.25) is 6.82 Å². The molecule has 0 aliphatic carbocycles. The van der Waals surface area contributed by atoms with Gasteiger partial charge in [-0.15, -0.1) is 0 Å². The lowest BCUT2D eigenvalue weighted by Gasteiger charge is -2.22. The van der Waals surface area contributed by atoms with Crippen LogP contribution in [-0.2, 0) is 101 Å². The molecule has 4 amide bonds. The van der Waals surface area contributed by atoms with Crippen LogP contribution in [0, 0.1) is 0 Å². The number of hydrogen-bond acceptors (Lipinski definition) is 23. The average Bonchev–Trinajstić information content (AvgIpc) is 0.961. The van der Waals surface area contributed by atoms with E-state index in [0.29, 0.717) is 75.5 Å². The number of rotatable bonds is 31. The fraction of sp³-hybridized carbons (Fsp3) is 0.316. The van der Waals surface area contributed by atoms with Crippen LogP contribution >= 0.6 is 0 Å². The number of amides is 4. The molecule has 0 saturated heterocycles. The first-order valence-corrected chi connectivity index (χ1v) is 26.3. The van der Waals surface area contributed by atoms with Gasteiger partial charge >= 0.3 is 18.3 Å². The van der Waals surface area contributed by atoms with Gasteiger partial charge in [0.2, 0.25) is 75.0 Å². The maximum Gasteiger partial charge on any atom is 0.415 e. The Morgan fingerprint density at radius 3 is 1.20 bits per heavy atom. The third kappa shape index (κ3) is 34.7. The van der Waals surface area contributed by atoms with E-state index < -0.39 is 54.2 Å². The second-order valence-electron chi connectivity index (χ2n) is 18.1. The van der Waals surface area contributed by atoms with Gasteiger partial charge in [0, 0.05) is 79.1 Å². The molecule has 0 heterocycles. The molecule has 27 nitrogen and oxygen atoms in total. The normalized spacial score (nSPS) is 10.1. The molecule has 4 aromatic rings. The molecule has 0 bridgehead atoms. The van der Waals surface area contributed by atoms with Crippen molar-refractivity contribution in [1.82, 2.24) is 9.80 Å². The predicted molar refractivity (Wildman–Crippen MR) is 337 cm³/mol. The SMILES string of the molecule is [B]C.[B]C(=O)OCC(=Cc1ccc(NC(=O)OCc2cc(COC)cc(COC(=O)Nc3ccc(/C=C(\COC=O)COC([B])=O)cc3)c2OC(=O)N(C)CCN(C)C)cc1)COC([B])=O.[B]C(=O)OCc1cc(COC)cc(COC([B])=O)c1NC=O.[B]C=O. The van der Waals surface area contributed by atoms with E-state index in [9.17, 15) is 47.9 Å².